The van der Waals surface area contributed by atoms with Crippen LogP contribution in [0.25, 0.3) is 0 Å². The molecule has 0 saturated heterocycles. The van der Waals surface area contributed by atoms with Gasteiger partial charge in [0, 0.05) is 0 Å². The summed E-state index contributed by atoms with van der Waals surface area (Å²) in [6.45, 7) is -5.39. The second kappa shape index (κ2) is 5.90. The summed E-state index contributed by atoms with van der Waals surface area (Å²) in [6, 6.07) is 3.75. The number of rotatable bonds is 2. The molecule has 0 aliphatic rings. The van der Waals surface area contributed by atoms with Crippen LogP contribution in [0.15, 0.2) is 24.3 Å². The summed E-state index contributed by atoms with van der Waals surface area (Å²) in [5.74, 6) is 0. The molecule has 0 bridgehead atoms. The molecule has 0 spiro atoms. The SMILES string of the molecule is F[B-](F)(F)c1ccccc1CC(F)(F)F.[K+]. The van der Waals surface area contributed by atoms with Crippen molar-refractivity contribution >= 4 is 12.4 Å². The van der Waals surface area contributed by atoms with Crippen LogP contribution in [0.3, 0.4) is 0 Å². The first-order valence-electron chi connectivity index (χ1n) is 4.04. The van der Waals surface area contributed by atoms with Crippen molar-refractivity contribution in [2.24, 2.45) is 0 Å². The molecule has 0 fully saturated rings. The predicted molar refractivity (Wildman–Crippen MR) is 44.9 cm³/mol. The molecular weight excluding hydrogens is 260 g/mol. The zero-order valence-electron chi connectivity index (χ0n) is 8.36. The molecule has 0 saturated carbocycles. The Hall–Kier alpha value is 0.501. The molecule has 0 amide bonds. The first-order valence-corrected chi connectivity index (χ1v) is 4.04. The Kier molecular flexibility index (Phi) is 6.09. The second-order valence-corrected chi connectivity index (χ2v) is 3.07. The van der Waals surface area contributed by atoms with Gasteiger partial charge in [0.2, 0.25) is 0 Å². The molecule has 0 radical (unpaired) electrons. The standard InChI is InChI=1S/C8H6BF6.K/c10-8(11,12)5-6-3-1-2-4-7(6)9(13,14)15;/h1-4H,5H2;/q-1;+1. The van der Waals surface area contributed by atoms with E-state index in [4.69, 9.17) is 0 Å². The minimum absolute atomic E-state index is 0. The van der Waals surface area contributed by atoms with Gasteiger partial charge in [-0.3, -0.25) is 0 Å². The van der Waals surface area contributed by atoms with Crippen LogP contribution in [0.4, 0.5) is 26.1 Å². The Labute approximate surface area is 131 Å². The quantitative estimate of drug-likeness (QED) is 0.516. The van der Waals surface area contributed by atoms with Gasteiger partial charge >= 0.3 is 64.5 Å². The molecule has 8 heteroatoms. The molecule has 0 atom stereocenters. The van der Waals surface area contributed by atoms with Gasteiger partial charge in [-0.1, -0.05) is 29.8 Å². The van der Waals surface area contributed by atoms with E-state index >= 15 is 0 Å². The van der Waals surface area contributed by atoms with E-state index in [9.17, 15) is 26.1 Å². The predicted octanol–water partition coefficient (Wildman–Crippen LogP) is -0.150. The van der Waals surface area contributed by atoms with Gasteiger partial charge in [0.25, 0.3) is 0 Å². The van der Waals surface area contributed by atoms with E-state index in [-0.39, 0.29) is 51.4 Å². The third-order valence-electron chi connectivity index (χ3n) is 1.80. The van der Waals surface area contributed by atoms with E-state index in [2.05, 4.69) is 0 Å². The zero-order valence-corrected chi connectivity index (χ0v) is 11.5. The van der Waals surface area contributed by atoms with Crippen molar-refractivity contribution in [3.05, 3.63) is 29.8 Å². The Balaban J connectivity index is 0.00000225. The molecule has 16 heavy (non-hydrogen) atoms. The number of hydrogen-bond donors (Lipinski definition) is 0. The van der Waals surface area contributed by atoms with Gasteiger partial charge in [-0.2, -0.15) is 13.2 Å². The molecule has 0 nitrogen and oxygen atoms in total. The van der Waals surface area contributed by atoms with Gasteiger partial charge in [0.05, 0.1) is 6.42 Å². The largest absolute Gasteiger partial charge is 1.00 e. The first-order chi connectivity index (χ1) is 6.70. The Morgan fingerprint density at radius 1 is 1.00 bits per heavy atom. The Morgan fingerprint density at radius 3 is 1.94 bits per heavy atom. The molecule has 1 rings (SSSR count). The molecule has 0 aliphatic carbocycles. The maximum absolute atomic E-state index is 12.3. The molecule has 0 aromatic heterocycles. The summed E-state index contributed by atoms with van der Waals surface area (Å²) in [5, 5.41) is 0. The molecule has 84 valence electrons. The fraction of sp³-hybridized carbons (Fsp3) is 0.250. The maximum atomic E-state index is 12.3. The average molecular weight is 266 g/mol. The molecule has 0 unspecified atom stereocenters. The van der Waals surface area contributed by atoms with Crippen LogP contribution in [0, 0.1) is 0 Å². The number of hydrogen-bond acceptors (Lipinski definition) is 0. The molecular formula is C8H6BF6K. The topological polar surface area (TPSA) is 0 Å². The first kappa shape index (κ1) is 16.5. The summed E-state index contributed by atoms with van der Waals surface area (Å²) >= 11 is 0. The second-order valence-electron chi connectivity index (χ2n) is 3.07. The van der Waals surface area contributed by atoms with Crippen molar-refractivity contribution in [3.63, 3.8) is 0 Å². The van der Waals surface area contributed by atoms with E-state index < -0.39 is 30.6 Å². The van der Waals surface area contributed by atoms with Gasteiger partial charge in [0.1, 0.15) is 0 Å². The maximum Gasteiger partial charge on any atom is 1.00 e. The zero-order chi connectivity index (χ0) is 11.7. The fourth-order valence-corrected chi connectivity index (χ4v) is 1.23. The van der Waals surface area contributed by atoms with Crippen LogP contribution < -0.4 is 56.8 Å². The Morgan fingerprint density at radius 2 is 1.50 bits per heavy atom. The van der Waals surface area contributed by atoms with Gasteiger partial charge in [-0.05, 0) is 0 Å². The van der Waals surface area contributed by atoms with Crippen molar-refractivity contribution in [2.75, 3.05) is 0 Å². The third-order valence-corrected chi connectivity index (χ3v) is 1.80. The normalized spacial score (nSPS) is 12.1. The van der Waals surface area contributed by atoms with E-state index in [0.717, 1.165) is 18.2 Å². The molecule has 0 aliphatic heterocycles. The molecule has 1 aromatic carbocycles. The fourth-order valence-electron chi connectivity index (χ4n) is 1.23. The average Bonchev–Trinajstić information content (AvgIpc) is 1.99. The summed E-state index contributed by atoms with van der Waals surface area (Å²) in [5.41, 5.74) is -1.90. The number of alkyl halides is 3. The van der Waals surface area contributed by atoms with Gasteiger partial charge in [0.15, 0.2) is 0 Å². The van der Waals surface area contributed by atoms with E-state index in [0.29, 0.717) is 6.07 Å². The summed E-state index contributed by atoms with van der Waals surface area (Å²) in [7, 11) is 0. The van der Waals surface area contributed by atoms with Gasteiger partial charge in [-0.15, -0.1) is 5.46 Å². The van der Waals surface area contributed by atoms with Crippen molar-refractivity contribution in [1.29, 1.82) is 0 Å². The summed E-state index contributed by atoms with van der Waals surface area (Å²) < 4.78 is 72.8. The smallest absolute Gasteiger partial charge is 0.445 e. The van der Waals surface area contributed by atoms with Gasteiger partial charge < -0.3 is 12.9 Å². The van der Waals surface area contributed by atoms with E-state index in [1.165, 1.54) is 0 Å². The van der Waals surface area contributed by atoms with Crippen LogP contribution in [0.5, 0.6) is 0 Å². The van der Waals surface area contributed by atoms with E-state index in [1.807, 2.05) is 0 Å². The number of benzene rings is 1. The molecule has 1 aromatic rings. The van der Waals surface area contributed by atoms with E-state index in [1.54, 1.807) is 0 Å². The van der Waals surface area contributed by atoms with Crippen LogP contribution in [-0.4, -0.2) is 13.2 Å². The van der Waals surface area contributed by atoms with Crippen molar-refractivity contribution in [1.82, 2.24) is 0 Å². The van der Waals surface area contributed by atoms with Crippen LogP contribution >= 0.6 is 0 Å². The van der Waals surface area contributed by atoms with Crippen molar-refractivity contribution < 1.29 is 77.5 Å². The minimum Gasteiger partial charge on any atom is -0.445 e. The number of halogens is 6. The monoisotopic (exact) mass is 266 g/mol. The summed E-state index contributed by atoms with van der Waals surface area (Å²) in [6.07, 6.45) is -6.18. The van der Waals surface area contributed by atoms with Gasteiger partial charge in [-0.25, -0.2) is 0 Å². The minimum atomic E-state index is -5.39. The molecule has 0 heterocycles. The summed E-state index contributed by atoms with van der Waals surface area (Å²) in [4.78, 5) is 0. The third kappa shape index (κ3) is 5.22. The van der Waals surface area contributed by atoms with Crippen LogP contribution in [-0.2, 0) is 6.42 Å². The van der Waals surface area contributed by atoms with Crippen molar-refractivity contribution in [3.8, 4) is 0 Å². The Bertz CT molecular complexity index is 345. The van der Waals surface area contributed by atoms with Crippen LogP contribution in [0.1, 0.15) is 5.56 Å². The van der Waals surface area contributed by atoms with Crippen LogP contribution in [0.2, 0.25) is 0 Å². The molecule has 0 N–H and O–H groups in total. The van der Waals surface area contributed by atoms with Crippen molar-refractivity contribution in [2.45, 2.75) is 12.6 Å².